The minimum absolute atomic E-state index is 0.176. The standard InChI is InChI=1S/C18H19NO5S/c1-18(2)14(17(22)23)19-15(21)13(16(19)25(18)3)9-11(20)10-24-12-7-5-4-6-8-12/h4-9,14,16H,3,10H2,1-2H3,(H,22,23)/t14-,16+,25?/m0/s1. The number of fused-ring (bicyclic) bond motifs is 1. The molecule has 2 aliphatic rings. The minimum atomic E-state index is -1.04. The van der Waals surface area contributed by atoms with E-state index in [0.29, 0.717) is 11.3 Å². The molecule has 0 aromatic heterocycles. The summed E-state index contributed by atoms with van der Waals surface area (Å²) in [6.45, 7) is 3.42. The first-order valence-corrected chi connectivity index (χ1v) is 9.21. The molecule has 1 aromatic carbocycles. The largest absolute Gasteiger partial charge is 0.485 e. The molecule has 25 heavy (non-hydrogen) atoms. The highest BCUT2D eigenvalue weighted by molar-refractivity contribution is 8.16. The molecular formula is C18H19NO5S. The monoisotopic (exact) mass is 361 g/mol. The van der Waals surface area contributed by atoms with Crippen molar-refractivity contribution in [2.75, 3.05) is 6.61 Å². The summed E-state index contributed by atoms with van der Waals surface area (Å²) in [5.74, 6) is 2.87. The zero-order chi connectivity index (χ0) is 18.4. The Morgan fingerprint density at radius 3 is 2.60 bits per heavy atom. The highest BCUT2D eigenvalue weighted by atomic mass is 32.2. The minimum Gasteiger partial charge on any atom is -0.485 e. The SMILES string of the molecule is C=S1[C@@H]2C(=CC(=O)COc3ccccc3)C(=O)N2[C@@H](C(=O)O)C1(C)C. The fraction of sp³-hybridized carbons (Fsp3) is 0.333. The number of ether oxygens (including phenoxy) is 1. The lowest BCUT2D eigenvalue weighted by atomic mass is 9.95. The normalized spacial score (nSPS) is 28.4. The molecule has 2 fully saturated rings. The Morgan fingerprint density at radius 1 is 1.36 bits per heavy atom. The lowest BCUT2D eigenvalue weighted by Crippen LogP contribution is -2.58. The lowest BCUT2D eigenvalue weighted by molar-refractivity contribution is -0.152. The number of aliphatic carboxylic acids is 1. The van der Waals surface area contributed by atoms with Gasteiger partial charge in [-0.15, -0.1) is 0 Å². The Balaban J connectivity index is 1.75. The van der Waals surface area contributed by atoms with Gasteiger partial charge < -0.3 is 14.7 Å². The molecular weight excluding hydrogens is 342 g/mol. The van der Waals surface area contributed by atoms with Gasteiger partial charge in [0, 0.05) is 4.75 Å². The zero-order valence-corrected chi connectivity index (χ0v) is 14.8. The van der Waals surface area contributed by atoms with E-state index in [1.54, 1.807) is 38.1 Å². The summed E-state index contributed by atoms with van der Waals surface area (Å²) in [5.41, 5.74) is 0.330. The quantitative estimate of drug-likeness (QED) is 0.490. The molecule has 2 saturated heterocycles. The van der Waals surface area contributed by atoms with Gasteiger partial charge in [-0.1, -0.05) is 24.1 Å². The Labute approximate surface area is 148 Å². The third-order valence-corrected chi connectivity index (χ3v) is 7.15. The van der Waals surface area contributed by atoms with Crippen molar-refractivity contribution in [3.05, 3.63) is 42.0 Å². The van der Waals surface area contributed by atoms with E-state index in [9.17, 15) is 19.5 Å². The highest BCUT2D eigenvalue weighted by Crippen LogP contribution is 2.56. The van der Waals surface area contributed by atoms with Crippen LogP contribution in [0.2, 0.25) is 0 Å². The summed E-state index contributed by atoms with van der Waals surface area (Å²) in [4.78, 5) is 37.4. The molecule has 0 saturated carbocycles. The number of hydrogen-bond donors (Lipinski definition) is 1. The van der Waals surface area contributed by atoms with Gasteiger partial charge in [-0.3, -0.25) is 9.59 Å². The van der Waals surface area contributed by atoms with Crippen LogP contribution in [0.25, 0.3) is 0 Å². The first-order chi connectivity index (χ1) is 11.7. The first-order valence-electron chi connectivity index (χ1n) is 7.75. The predicted molar refractivity (Wildman–Crippen MR) is 95.9 cm³/mol. The smallest absolute Gasteiger partial charge is 0.327 e. The Bertz CT molecular complexity index is 799. The van der Waals surface area contributed by atoms with Crippen LogP contribution in [0.4, 0.5) is 0 Å². The van der Waals surface area contributed by atoms with Gasteiger partial charge in [-0.25, -0.2) is 4.79 Å². The molecule has 1 N–H and O–H groups in total. The number of carboxylic acid groups (broad SMARTS) is 1. The van der Waals surface area contributed by atoms with Gasteiger partial charge in [-0.2, -0.15) is 10.5 Å². The van der Waals surface area contributed by atoms with Crippen LogP contribution in [0.5, 0.6) is 5.75 Å². The van der Waals surface area contributed by atoms with Crippen molar-refractivity contribution in [2.45, 2.75) is 30.0 Å². The number of nitrogens with zero attached hydrogens (tertiary/aromatic N) is 1. The average molecular weight is 361 g/mol. The number of benzene rings is 1. The fourth-order valence-electron chi connectivity index (χ4n) is 3.19. The summed E-state index contributed by atoms with van der Waals surface area (Å²) < 4.78 is 4.74. The van der Waals surface area contributed by atoms with Gasteiger partial charge in [-0.05, 0) is 32.1 Å². The second kappa shape index (κ2) is 6.15. The number of β-lactam (4-membered cyclic amide) rings is 1. The Morgan fingerprint density at radius 2 is 2.00 bits per heavy atom. The molecule has 1 amide bonds. The van der Waals surface area contributed by atoms with Crippen LogP contribution in [0.3, 0.4) is 0 Å². The molecule has 6 nitrogen and oxygen atoms in total. The Kier molecular flexibility index (Phi) is 4.28. The molecule has 1 unspecified atom stereocenters. The number of carboxylic acids is 1. The summed E-state index contributed by atoms with van der Waals surface area (Å²) >= 11 is 0. The number of para-hydroxylation sites is 1. The van der Waals surface area contributed by atoms with Crippen LogP contribution in [-0.2, 0) is 14.4 Å². The first kappa shape index (κ1) is 17.4. The Hall–Kier alpha value is -2.41. The lowest BCUT2D eigenvalue weighted by Gasteiger charge is -2.39. The molecule has 3 rings (SSSR count). The van der Waals surface area contributed by atoms with Crippen molar-refractivity contribution >= 4 is 34.0 Å². The second-order valence-electron chi connectivity index (χ2n) is 6.51. The number of amides is 1. The van der Waals surface area contributed by atoms with Gasteiger partial charge in [0.15, 0.2) is 12.4 Å². The van der Waals surface area contributed by atoms with Crippen LogP contribution in [0, 0.1) is 0 Å². The zero-order valence-electron chi connectivity index (χ0n) is 14.0. The average Bonchev–Trinajstić information content (AvgIpc) is 2.76. The number of ketones is 1. The van der Waals surface area contributed by atoms with Crippen LogP contribution in [-0.4, -0.2) is 56.3 Å². The van der Waals surface area contributed by atoms with E-state index in [4.69, 9.17) is 4.74 Å². The van der Waals surface area contributed by atoms with Crippen molar-refractivity contribution in [2.24, 2.45) is 0 Å². The molecule has 132 valence electrons. The van der Waals surface area contributed by atoms with Gasteiger partial charge in [0.25, 0.3) is 5.91 Å². The van der Waals surface area contributed by atoms with Crippen molar-refractivity contribution < 1.29 is 24.2 Å². The van der Waals surface area contributed by atoms with E-state index in [1.807, 2.05) is 6.07 Å². The second-order valence-corrected chi connectivity index (χ2v) is 8.86. The molecule has 3 atom stereocenters. The highest BCUT2D eigenvalue weighted by Gasteiger charge is 2.62. The molecule has 0 aliphatic carbocycles. The van der Waals surface area contributed by atoms with Crippen LogP contribution < -0.4 is 4.74 Å². The molecule has 0 bridgehead atoms. The van der Waals surface area contributed by atoms with Crippen LogP contribution >= 0.6 is 10.5 Å². The van der Waals surface area contributed by atoms with E-state index in [1.165, 1.54) is 11.0 Å². The van der Waals surface area contributed by atoms with E-state index in [0.717, 1.165) is 0 Å². The van der Waals surface area contributed by atoms with Gasteiger partial charge in [0.2, 0.25) is 0 Å². The summed E-state index contributed by atoms with van der Waals surface area (Å²) in [6.07, 6.45) is 1.28. The third-order valence-electron chi connectivity index (χ3n) is 4.56. The number of rotatable bonds is 5. The van der Waals surface area contributed by atoms with E-state index >= 15 is 0 Å². The predicted octanol–water partition coefficient (Wildman–Crippen LogP) is 1.68. The molecule has 1 aromatic rings. The fourth-order valence-corrected chi connectivity index (χ4v) is 5.23. The maximum absolute atomic E-state index is 12.4. The number of hydrogen-bond acceptors (Lipinski definition) is 4. The van der Waals surface area contributed by atoms with Crippen LogP contribution in [0.1, 0.15) is 13.8 Å². The van der Waals surface area contributed by atoms with Gasteiger partial charge in [0.1, 0.15) is 17.2 Å². The molecule has 7 heteroatoms. The maximum atomic E-state index is 12.4. The molecule has 0 radical (unpaired) electrons. The molecule has 2 aliphatic heterocycles. The molecule has 2 heterocycles. The van der Waals surface area contributed by atoms with E-state index in [2.05, 4.69) is 5.87 Å². The van der Waals surface area contributed by atoms with Crippen LogP contribution in [0.15, 0.2) is 42.0 Å². The summed E-state index contributed by atoms with van der Waals surface area (Å²) in [6, 6.07) is 7.99. The number of carbonyl (C=O) groups excluding carboxylic acids is 2. The third kappa shape index (κ3) is 2.78. The van der Waals surface area contributed by atoms with E-state index < -0.39 is 38.5 Å². The molecule has 0 spiro atoms. The summed E-state index contributed by atoms with van der Waals surface area (Å²) in [5, 5.41) is 9.05. The van der Waals surface area contributed by atoms with Gasteiger partial charge >= 0.3 is 5.97 Å². The topological polar surface area (TPSA) is 83.9 Å². The van der Waals surface area contributed by atoms with Crippen molar-refractivity contribution in [1.29, 1.82) is 0 Å². The van der Waals surface area contributed by atoms with Crippen molar-refractivity contribution in [3.8, 4) is 5.75 Å². The number of carbonyl (C=O) groups is 3. The van der Waals surface area contributed by atoms with Crippen molar-refractivity contribution in [3.63, 3.8) is 0 Å². The van der Waals surface area contributed by atoms with E-state index in [-0.39, 0.29) is 12.4 Å². The van der Waals surface area contributed by atoms with Gasteiger partial charge in [0.05, 0.1) is 5.57 Å². The summed E-state index contributed by atoms with van der Waals surface area (Å²) in [7, 11) is -0.616. The maximum Gasteiger partial charge on any atom is 0.327 e. The van der Waals surface area contributed by atoms with Crippen molar-refractivity contribution in [1.82, 2.24) is 4.90 Å².